The van der Waals surface area contributed by atoms with Crippen molar-refractivity contribution in [3.8, 4) is 33.8 Å². The molecule has 3 aromatic carbocycles. The van der Waals surface area contributed by atoms with E-state index in [1.54, 1.807) is 11.7 Å². The highest BCUT2D eigenvalue weighted by Crippen LogP contribution is 2.42. The van der Waals surface area contributed by atoms with E-state index in [1.165, 1.54) is 11.3 Å². The van der Waals surface area contributed by atoms with Crippen molar-refractivity contribution in [1.29, 1.82) is 0 Å². The molecule has 0 aliphatic carbocycles. The molecule has 8 heteroatoms. The Balaban J connectivity index is 1.74. The van der Waals surface area contributed by atoms with Gasteiger partial charge in [-0.1, -0.05) is 60.7 Å². The Morgan fingerprint density at radius 3 is 2.10 bits per heavy atom. The van der Waals surface area contributed by atoms with Crippen LogP contribution in [0.1, 0.15) is 13.8 Å². The lowest BCUT2D eigenvalue weighted by Crippen LogP contribution is -2.31. The Morgan fingerprint density at radius 1 is 0.846 bits per heavy atom. The summed E-state index contributed by atoms with van der Waals surface area (Å²) in [5.74, 6) is 1.32. The van der Waals surface area contributed by atoms with Crippen LogP contribution in [0.3, 0.4) is 0 Å². The number of methoxy groups -OCH3 is 1. The van der Waals surface area contributed by atoms with Crippen LogP contribution in [0, 0.1) is 0 Å². The Labute approximate surface area is 230 Å². The maximum atomic E-state index is 14.2. The van der Waals surface area contributed by atoms with Crippen molar-refractivity contribution in [1.82, 2.24) is 19.7 Å². The molecule has 0 saturated heterocycles. The number of ether oxygens (including phenoxy) is 1. The minimum atomic E-state index is -0.129. The summed E-state index contributed by atoms with van der Waals surface area (Å²) in [5.41, 5.74) is 4.90. The molecule has 3 heterocycles. The fourth-order valence-electron chi connectivity index (χ4n) is 4.93. The van der Waals surface area contributed by atoms with Gasteiger partial charge in [0.1, 0.15) is 26.5 Å². The predicted molar refractivity (Wildman–Crippen MR) is 159 cm³/mol. The second-order valence-corrected chi connectivity index (χ2v) is 10.0. The molecule has 0 radical (unpaired) electrons. The Morgan fingerprint density at radius 2 is 1.49 bits per heavy atom. The summed E-state index contributed by atoms with van der Waals surface area (Å²) in [6.45, 7) is 5.54. The molecule has 39 heavy (non-hydrogen) atoms. The van der Waals surface area contributed by atoms with Gasteiger partial charge in [-0.2, -0.15) is 0 Å². The van der Waals surface area contributed by atoms with Gasteiger partial charge in [0.25, 0.3) is 5.56 Å². The number of hydrogen-bond donors (Lipinski definition) is 0. The standard InChI is InChI=1S/C31H27N5O2S/c1-4-35(5-2)31-32-27-25-24(20-12-8-6-9-13-20)26(21-14-10-7-11-15-21)33-34-29(25)39-28(27)30(37)36(31)22-16-18-23(38-3)19-17-22/h6-19H,4-5H2,1-3H3. The summed E-state index contributed by atoms with van der Waals surface area (Å²) >= 11 is 1.34. The number of nitrogens with zero attached hydrogens (tertiary/aromatic N) is 5. The van der Waals surface area contributed by atoms with Gasteiger partial charge in [-0.3, -0.25) is 4.79 Å². The maximum absolute atomic E-state index is 14.2. The summed E-state index contributed by atoms with van der Waals surface area (Å²) in [7, 11) is 1.63. The van der Waals surface area contributed by atoms with Crippen LogP contribution in [0.2, 0.25) is 0 Å². The first-order valence-electron chi connectivity index (χ1n) is 12.9. The van der Waals surface area contributed by atoms with E-state index in [0.717, 1.165) is 39.2 Å². The van der Waals surface area contributed by atoms with E-state index in [2.05, 4.69) is 41.1 Å². The van der Waals surface area contributed by atoms with Gasteiger partial charge in [0.2, 0.25) is 5.95 Å². The molecule has 7 nitrogen and oxygen atoms in total. The molecule has 0 aliphatic rings. The van der Waals surface area contributed by atoms with Crippen molar-refractivity contribution < 1.29 is 4.74 Å². The number of hydrogen-bond acceptors (Lipinski definition) is 7. The van der Waals surface area contributed by atoms with E-state index in [9.17, 15) is 4.79 Å². The molecule has 6 rings (SSSR count). The van der Waals surface area contributed by atoms with Crippen LogP contribution in [0.4, 0.5) is 5.95 Å². The first-order valence-corrected chi connectivity index (χ1v) is 13.7. The molecular formula is C31H27N5O2S. The Kier molecular flexibility index (Phi) is 6.54. The lowest BCUT2D eigenvalue weighted by molar-refractivity contribution is 0.414. The van der Waals surface area contributed by atoms with Crippen molar-refractivity contribution in [3.63, 3.8) is 0 Å². The van der Waals surface area contributed by atoms with Crippen molar-refractivity contribution >= 4 is 37.7 Å². The number of rotatable bonds is 7. The van der Waals surface area contributed by atoms with Gasteiger partial charge in [0, 0.05) is 29.6 Å². The minimum absolute atomic E-state index is 0.129. The SMILES string of the molecule is CCN(CC)c1nc2c(sc3nnc(-c4ccccc4)c(-c4ccccc4)c32)c(=O)n1-c1ccc(OC)cc1. The third-order valence-corrected chi connectivity index (χ3v) is 7.94. The summed E-state index contributed by atoms with van der Waals surface area (Å²) < 4.78 is 7.58. The molecule has 0 unspecified atom stereocenters. The van der Waals surface area contributed by atoms with Gasteiger partial charge < -0.3 is 9.64 Å². The van der Waals surface area contributed by atoms with Gasteiger partial charge in [0.15, 0.2) is 0 Å². The molecule has 0 atom stereocenters. The first kappa shape index (κ1) is 24.8. The molecule has 3 aromatic heterocycles. The molecule has 0 aliphatic heterocycles. The first-order chi connectivity index (χ1) is 19.1. The van der Waals surface area contributed by atoms with Crippen LogP contribution in [0.5, 0.6) is 5.75 Å². The smallest absolute Gasteiger partial charge is 0.277 e. The predicted octanol–water partition coefficient (Wildman–Crippen LogP) is 6.58. The van der Waals surface area contributed by atoms with E-state index in [4.69, 9.17) is 9.72 Å². The summed E-state index contributed by atoms with van der Waals surface area (Å²) in [5, 5.41) is 10.1. The number of benzene rings is 3. The highest BCUT2D eigenvalue weighted by atomic mass is 32.1. The van der Waals surface area contributed by atoms with Gasteiger partial charge in [0.05, 0.1) is 12.8 Å². The van der Waals surface area contributed by atoms with E-state index < -0.39 is 0 Å². The zero-order chi connectivity index (χ0) is 26.9. The lowest BCUT2D eigenvalue weighted by Gasteiger charge is -2.24. The largest absolute Gasteiger partial charge is 0.497 e. The zero-order valence-corrected chi connectivity index (χ0v) is 22.8. The highest BCUT2D eigenvalue weighted by molar-refractivity contribution is 7.25. The number of fused-ring (bicyclic) bond motifs is 3. The Hall–Kier alpha value is -4.56. The van der Waals surface area contributed by atoms with E-state index in [-0.39, 0.29) is 5.56 Å². The molecule has 0 saturated carbocycles. The average Bonchev–Trinajstić information content (AvgIpc) is 3.37. The highest BCUT2D eigenvalue weighted by Gasteiger charge is 2.25. The van der Waals surface area contributed by atoms with E-state index in [0.29, 0.717) is 34.1 Å². The zero-order valence-electron chi connectivity index (χ0n) is 22.0. The van der Waals surface area contributed by atoms with Crippen LogP contribution in [0.25, 0.3) is 48.5 Å². The monoisotopic (exact) mass is 533 g/mol. The van der Waals surface area contributed by atoms with Crippen molar-refractivity contribution in [3.05, 3.63) is 95.3 Å². The van der Waals surface area contributed by atoms with Crippen molar-refractivity contribution in [2.75, 3.05) is 25.1 Å². The van der Waals surface area contributed by atoms with Crippen molar-refractivity contribution in [2.24, 2.45) is 0 Å². The van der Waals surface area contributed by atoms with E-state index in [1.807, 2.05) is 72.8 Å². The van der Waals surface area contributed by atoms with Gasteiger partial charge in [-0.05, 0) is 43.7 Å². The van der Waals surface area contributed by atoms with E-state index >= 15 is 0 Å². The quantitative estimate of drug-likeness (QED) is 0.231. The van der Waals surface area contributed by atoms with Gasteiger partial charge >= 0.3 is 0 Å². The van der Waals surface area contributed by atoms with Gasteiger partial charge in [-0.15, -0.1) is 21.5 Å². The molecular weight excluding hydrogens is 506 g/mol. The van der Waals surface area contributed by atoms with Crippen LogP contribution in [0.15, 0.2) is 89.7 Å². The molecule has 0 spiro atoms. The molecule has 6 aromatic rings. The maximum Gasteiger partial charge on any atom is 0.277 e. The molecule has 0 bridgehead atoms. The summed E-state index contributed by atoms with van der Waals surface area (Å²) in [4.78, 5) is 22.2. The van der Waals surface area contributed by atoms with Gasteiger partial charge in [-0.25, -0.2) is 9.55 Å². The third-order valence-electron chi connectivity index (χ3n) is 6.89. The fraction of sp³-hybridized carbons (Fsp3) is 0.161. The van der Waals surface area contributed by atoms with Crippen LogP contribution in [-0.2, 0) is 0 Å². The molecule has 0 amide bonds. The van der Waals surface area contributed by atoms with Crippen LogP contribution >= 0.6 is 11.3 Å². The second kappa shape index (κ2) is 10.3. The number of thiophene rings is 1. The normalized spacial score (nSPS) is 11.3. The molecule has 0 N–H and O–H groups in total. The topological polar surface area (TPSA) is 73.1 Å². The van der Waals surface area contributed by atoms with Crippen LogP contribution < -0.4 is 15.2 Å². The summed E-state index contributed by atoms with van der Waals surface area (Å²) in [6.07, 6.45) is 0. The number of aromatic nitrogens is 4. The average molecular weight is 534 g/mol. The third kappa shape index (κ3) is 4.23. The molecule has 194 valence electrons. The Bertz CT molecular complexity index is 1830. The summed E-state index contributed by atoms with van der Waals surface area (Å²) in [6, 6.07) is 27.7. The lowest BCUT2D eigenvalue weighted by atomic mass is 9.97. The fourth-order valence-corrected chi connectivity index (χ4v) is 5.93. The number of anilines is 1. The van der Waals surface area contributed by atoms with Crippen molar-refractivity contribution in [2.45, 2.75) is 13.8 Å². The van der Waals surface area contributed by atoms with Crippen LogP contribution in [-0.4, -0.2) is 39.9 Å². The second-order valence-electron chi connectivity index (χ2n) is 9.04. The molecule has 0 fully saturated rings. The minimum Gasteiger partial charge on any atom is -0.497 e.